The summed E-state index contributed by atoms with van der Waals surface area (Å²) in [4.78, 5) is 19.5. The molecule has 0 saturated carbocycles. The van der Waals surface area contributed by atoms with Crippen molar-refractivity contribution in [3.63, 3.8) is 0 Å². The van der Waals surface area contributed by atoms with Gasteiger partial charge < -0.3 is 0 Å². The summed E-state index contributed by atoms with van der Waals surface area (Å²) in [5.74, 6) is 1.93. The SMILES string of the molecule is c1ccc(-c2nc(-c3ccccc3)nc(-c3ccc4c(c3)C(c3ccccc3)(c3cccnc3)c3ccccc3-4)n2)cc1. The number of nitrogens with zero attached hydrogens (tertiary/aromatic N) is 4. The van der Waals surface area contributed by atoms with Gasteiger partial charge in [-0.15, -0.1) is 0 Å². The Morgan fingerprint density at radius 1 is 0.395 bits per heavy atom. The van der Waals surface area contributed by atoms with Gasteiger partial charge in [-0.25, -0.2) is 15.0 Å². The summed E-state index contributed by atoms with van der Waals surface area (Å²) in [5, 5.41) is 0. The van der Waals surface area contributed by atoms with Gasteiger partial charge in [0.2, 0.25) is 0 Å². The maximum atomic E-state index is 5.03. The number of fused-ring (bicyclic) bond motifs is 3. The molecule has 0 N–H and O–H groups in total. The standard InChI is InChI=1S/C39H26N4/c1-4-13-27(14-5-1)36-41-37(28-15-6-2-7-16-28)43-38(42-36)29-22-23-33-32-20-10-11-21-34(32)39(35(33)25-29,30-17-8-3-9-18-30)31-19-12-24-40-26-31/h1-26H. The lowest BCUT2D eigenvalue weighted by atomic mass is 9.68. The first kappa shape index (κ1) is 25.0. The molecule has 5 aromatic carbocycles. The highest BCUT2D eigenvalue weighted by atomic mass is 15.0. The van der Waals surface area contributed by atoms with Crippen LogP contribution in [0.15, 0.2) is 158 Å². The van der Waals surface area contributed by atoms with Gasteiger partial charge in [0.25, 0.3) is 0 Å². The lowest BCUT2D eigenvalue weighted by Gasteiger charge is -2.33. The number of hydrogen-bond donors (Lipinski definition) is 0. The molecule has 43 heavy (non-hydrogen) atoms. The minimum Gasteiger partial charge on any atom is -0.264 e. The van der Waals surface area contributed by atoms with Crippen LogP contribution in [-0.4, -0.2) is 19.9 Å². The van der Waals surface area contributed by atoms with Gasteiger partial charge in [0.05, 0.1) is 5.41 Å². The van der Waals surface area contributed by atoms with E-state index in [1.54, 1.807) is 0 Å². The molecule has 8 rings (SSSR count). The monoisotopic (exact) mass is 550 g/mol. The first-order chi connectivity index (χ1) is 21.3. The van der Waals surface area contributed by atoms with Crippen LogP contribution in [0.4, 0.5) is 0 Å². The van der Waals surface area contributed by atoms with Crippen LogP contribution in [-0.2, 0) is 5.41 Å². The average Bonchev–Trinajstić information content (AvgIpc) is 3.40. The molecule has 2 heterocycles. The van der Waals surface area contributed by atoms with Gasteiger partial charge in [0.15, 0.2) is 17.5 Å². The van der Waals surface area contributed by atoms with Gasteiger partial charge >= 0.3 is 0 Å². The summed E-state index contributed by atoms with van der Waals surface area (Å²) in [6.45, 7) is 0. The highest BCUT2D eigenvalue weighted by Crippen LogP contribution is 2.56. The average molecular weight is 551 g/mol. The molecule has 0 aliphatic heterocycles. The first-order valence-corrected chi connectivity index (χ1v) is 14.4. The minimum absolute atomic E-state index is 0.547. The molecule has 0 saturated heterocycles. The summed E-state index contributed by atoms with van der Waals surface area (Å²) < 4.78 is 0. The Balaban J connectivity index is 1.41. The Labute approximate surface area is 250 Å². The molecule has 1 atom stereocenters. The molecule has 0 bridgehead atoms. The van der Waals surface area contributed by atoms with E-state index in [2.05, 4.69) is 83.8 Å². The molecule has 0 spiro atoms. The Morgan fingerprint density at radius 2 is 0.930 bits per heavy atom. The fourth-order valence-electron chi connectivity index (χ4n) is 6.42. The highest BCUT2D eigenvalue weighted by Gasteiger charge is 2.46. The van der Waals surface area contributed by atoms with E-state index in [1.165, 1.54) is 27.8 Å². The van der Waals surface area contributed by atoms with Crippen LogP contribution in [0.2, 0.25) is 0 Å². The van der Waals surface area contributed by atoms with Crippen LogP contribution in [0, 0.1) is 0 Å². The molecule has 202 valence electrons. The predicted octanol–water partition coefficient (Wildman–Crippen LogP) is 8.63. The van der Waals surface area contributed by atoms with E-state index in [-0.39, 0.29) is 0 Å². The van der Waals surface area contributed by atoms with E-state index in [4.69, 9.17) is 15.0 Å². The van der Waals surface area contributed by atoms with Crippen molar-refractivity contribution in [3.05, 3.63) is 180 Å². The highest BCUT2D eigenvalue weighted by molar-refractivity contribution is 5.88. The normalized spacial score (nSPS) is 15.1. The summed E-state index contributed by atoms with van der Waals surface area (Å²) in [6.07, 6.45) is 3.83. The summed E-state index contributed by atoms with van der Waals surface area (Å²) >= 11 is 0. The molecule has 1 unspecified atom stereocenters. The topological polar surface area (TPSA) is 51.6 Å². The van der Waals surface area contributed by atoms with Crippen molar-refractivity contribution in [3.8, 4) is 45.3 Å². The first-order valence-electron chi connectivity index (χ1n) is 14.4. The van der Waals surface area contributed by atoms with E-state index in [9.17, 15) is 0 Å². The number of hydrogen-bond acceptors (Lipinski definition) is 4. The van der Waals surface area contributed by atoms with Crippen LogP contribution >= 0.6 is 0 Å². The van der Waals surface area contributed by atoms with Gasteiger partial charge in [-0.1, -0.05) is 133 Å². The lowest BCUT2D eigenvalue weighted by molar-refractivity contribution is 0.763. The third kappa shape index (κ3) is 4.07. The second kappa shape index (κ2) is 10.3. The number of aromatic nitrogens is 4. The molecule has 7 aromatic rings. The van der Waals surface area contributed by atoms with E-state index >= 15 is 0 Å². The van der Waals surface area contributed by atoms with Crippen LogP contribution in [0.25, 0.3) is 45.3 Å². The molecule has 4 heteroatoms. The van der Waals surface area contributed by atoms with Gasteiger partial charge in [-0.3, -0.25) is 4.98 Å². The Bertz CT molecular complexity index is 1960. The zero-order valence-corrected chi connectivity index (χ0v) is 23.3. The zero-order valence-electron chi connectivity index (χ0n) is 23.3. The van der Waals surface area contributed by atoms with Gasteiger partial charge in [0.1, 0.15) is 0 Å². The van der Waals surface area contributed by atoms with Crippen molar-refractivity contribution < 1.29 is 0 Å². The molecular weight excluding hydrogens is 524 g/mol. The second-order valence-corrected chi connectivity index (χ2v) is 10.7. The lowest BCUT2D eigenvalue weighted by Crippen LogP contribution is -2.28. The second-order valence-electron chi connectivity index (χ2n) is 10.7. The summed E-state index contributed by atoms with van der Waals surface area (Å²) in [6, 6.07) is 50.5. The van der Waals surface area contributed by atoms with Gasteiger partial charge in [-0.05, 0) is 45.5 Å². The number of rotatable bonds is 5. The Morgan fingerprint density at radius 3 is 1.56 bits per heavy atom. The largest absolute Gasteiger partial charge is 0.264 e. The molecule has 0 fully saturated rings. The smallest absolute Gasteiger partial charge is 0.164 e. The molecule has 1 aliphatic carbocycles. The number of benzene rings is 5. The molecule has 4 nitrogen and oxygen atoms in total. The third-order valence-corrected chi connectivity index (χ3v) is 8.30. The number of pyridine rings is 1. The molecule has 0 radical (unpaired) electrons. The van der Waals surface area contributed by atoms with Crippen LogP contribution in [0.3, 0.4) is 0 Å². The fraction of sp³-hybridized carbons (Fsp3) is 0.0256. The summed E-state index contributed by atoms with van der Waals surface area (Å²) in [7, 11) is 0. The maximum absolute atomic E-state index is 5.03. The van der Waals surface area contributed by atoms with E-state index in [0.29, 0.717) is 17.5 Å². The van der Waals surface area contributed by atoms with Crippen molar-refractivity contribution in [2.75, 3.05) is 0 Å². The minimum atomic E-state index is -0.547. The van der Waals surface area contributed by atoms with Crippen LogP contribution < -0.4 is 0 Å². The van der Waals surface area contributed by atoms with E-state index < -0.39 is 5.41 Å². The van der Waals surface area contributed by atoms with E-state index in [1.807, 2.05) is 79.1 Å². The van der Waals surface area contributed by atoms with Gasteiger partial charge in [0, 0.05) is 29.1 Å². The molecule has 0 amide bonds. The molecular formula is C39H26N4. The van der Waals surface area contributed by atoms with Crippen molar-refractivity contribution in [2.24, 2.45) is 0 Å². The van der Waals surface area contributed by atoms with Crippen molar-refractivity contribution in [1.29, 1.82) is 0 Å². The quantitative estimate of drug-likeness (QED) is 0.215. The van der Waals surface area contributed by atoms with Crippen molar-refractivity contribution in [1.82, 2.24) is 19.9 Å². The predicted molar refractivity (Wildman–Crippen MR) is 171 cm³/mol. The summed E-state index contributed by atoms with van der Waals surface area (Å²) in [5.41, 5.74) is 9.46. The molecule has 1 aliphatic rings. The molecule has 2 aromatic heterocycles. The van der Waals surface area contributed by atoms with Crippen LogP contribution in [0.5, 0.6) is 0 Å². The van der Waals surface area contributed by atoms with Crippen molar-refractivity contribution in [2.45, 2.75) is 5.41 Å². The third-order valence-electron chi connectivity index (χ3n) is 8.30. The van der Waals surface area contributed by atoms with Gasteiger partial charge in [-0.2, -0.15) is 0 Å². The van der Waals surface area contributed by atoms with Crippen molar-refractivity contribution >= 4 is 0 Å². The van der Waals surface area contributed by atoms with Crippen LogP contribution in [0.1, 0.15) is 22.3 Å². The Kier molecular flexibility index (Phi) is 5.97. The van der Waals surface area contributed by atoms with E-state index in [0.717, 1.165) is 22.3 Å². The maximum Gasteiger partial charge on any atom is 0.164 e. The Hall–Kier alpha value is -5.74. The fourth-order valence-corrected chi connectivity index (χ4v) is 6.42. The zero-order chi connectivity index (χ0) is 28.6.